The predicted octanol–water partition coefficient (Wildman–Crippen LogP) is 1.72. The number of hydrogen-bond donors (Lipinski definition) is 3. The van der Waals surface area contributed by atoms with Crippen molar-refractivity contribution in [1.29, 1.82) is 5.41 Å². The molecule has 0 radical (unpaired) electrons. The molecule has 3 heterocycles. The molecule has 4 N–H and O–H groups in total. The second kappa shape index (κ2) is 6.29. The lowest BCUT2D eigenvalue weighted by Gasteiger charge is -2.42. The minimum Gasteiger partial charge on any atom is -0.507 e. The molecule has 1 aromatic carbocycles. The maximum atomic E-state index is 10.1. The summed E-state index contributed by atoms with van der Waals surface area (Å²) in [6, 6.07) is 9.35. The summed E-state index contributed by atoms with van der Waals surface area (Å²) in [5.41, 5.74) is 8.13. The molecular weight excluding hydrogens is 330 g/mol. The van der Waals surface area contributed by atoms with Gasteiger partial charge in [-0.25, -0.2) is 4.99 Å². The molecule has 0 aliphatic carbocycles. The van der Waals surface area contributed by atoms with Crippen molar-refractivity contribution in [3.8, 4) is 17.0 Å². The van der Waals surface area contributed by atoms with Crippen molar-refractivity contribution in [2.24, 2.45) is 4.99 Å². The van der Waals surface area contributed by atoms with Crippen LogP contribution in [0.25, 0.3) is 11.3 Å². The first-order chi connectivity index (χ1) is 12.6. The molecule has 8 heteroatoms. The number of nitrogens with two attached hydrogens (primary N) is 1. The van der Waals surface area contributed by atoms with E-state index in [-0.39, 0.29) is 23.8 Å². The third-order valence-electron chi connectivity index (χ3n) is 5.20. The van der Waals surface area contributed by atoms with Crippen molar-refractivity contribution < 1.29 is 5.11 Å². The number of phenolic OH excluding ortho intramolecular Hbond substituents is 1. The normalized spacial score (nSPS) is 21.7. The molecule has 2 aliphatic rings. The van der Waals surface area contributed by atoms with Crippen LogP contribution >= 0.6 is 0 Å². The van der Waals surface area contributed by atoms with E-state index in [1.807, 2.05) is 12.1 Å². The fraction of sp³-hybridized carbons (Fsp3) is 0.333. The van der Waals surface area contributed by atoms with Gasteiger partial charge in [-0.1, -0.05) is 12.1 Å². The van der Waals surface area contributed by atoms with Gasteiger partial charge in [0.25, 0.3) is 0 Å². The number of nitrogens with one attached hydrogen (secondary N) is 1. The van der Waals surface area contributed by atoms with E-state index in [1.165, 1.54) is 0 Å². The van der Waals surface area contributed by atoms with Crippen molar-refractivity contribution >= 4 is 24.2 Å². The van der Waals surface area contributed by atoms with E-state index in [2.05, 4.69) is 31.7 Å². The summed E-state index contributed by atoms with van der Waals surface area (Å²) in [6.45, 7) is 4.97. The van der Waals surface area contributed by atoms with Gasteiger partial charge >= 0.3 is 0 Å². The number of piperazine rings is 1. The average Bonchev–Trinajstić information content (AvgIpc) is 2.92. The van der Waals surface area contributed by atoms with Crippen molar-refractivity contribution in [3.63, 3.8) is 0 Å². The molecule has 0 spiro atoms. The van der Waals surface area contributed by atoms with Crippen LogP contribution in [0.3, 0.4) is 0 Å². The van der Waals surface area contributed by atoms with Gasteiger partial charge in [0, 0.05) is 30.7 Å². The van der Waals surface area contributed by atoms with Crippen molar-refractivity contribution in [2.75, 3.05) is 23.7 Å². The number of nitrogens with zero attached hydrogens (tertiary/aromatic N) is 5. The number of anilines is 2. The molecule has 0 saturated carbocycles. The Morgan fingerprint density at radius 3 is 2.58 bits per heavy atom. The van der Waals surface area contributed by atoms with Crippen LogP contribution in [0.1, 0.15) is 12.8 Å². The molecule has 134 valence electrons. The van der Waals surface area contributed by atoms with Gasteiger partial charge in [-0.3, -0.25) is 5.41 Å². The van der Waals surface area contributed by atoms with Crippen molar-refractivity contribution in [2.45, 2.75) is 24.9 Å². The van der Waals surface area contributed by atoms with Gasteiger partial charge in [-0.15, -0.1) is 10.2 Å². The van der Waals surface area contributed by atoms with E-state index < -0.39 is 0 Å². The predicted molar refractivity (Wildman–Crippen MR) is 102 cm³/mol. The van der Waals surface area contributed by atoms with Crippen LogP contribution in [-0.4, -0.2) is 58.1 Å². The summed E-state index contributed by atoms with van der Waals surface area (Å²) >= 11 is 0. The van der Waals surface area contributed by atoms with Gasteiger partial charge < -0.3 is 20.6 Å². The van der Waals surface area contributed by atoms with E-state index in [4.69, 9.17) is 11.1 Å². The molecule has 2 bridgehead atoms. The number of phenols is 1. The Kier molecular flexibility index (Phi) is 3.95. The number of guanidine groups is 1. The molecule has 0 amide bonds. The van der Waals surface area contributed by atoms with Gasteiger partial charge in [0.1, 0.15) is 5.75 Å². The Bertz CT molecular complexity index is 854. The monoisotopic (exact) mass is 351 g/mol. The number of aliphatic imine (C=N–C) groups is 1. The van der Waals surface area contributed by atoms with Crippen LogP contribution in [0.5, 0.6) is 5.75 Å². The number of rotatable bonds is 2. The summed E-state index contributed by atoms with van der Waals surface area (Å²) in [4.78, 5) is 8.05. The van der Waals surface area contributed by atoms with E-state index in [1.54, 1.807) is 18.2 Å². The third-order valence-corrected chi connectivity index (χ3v) is 5.20. The quantitative estimate of drug-likeness (QED) is 0.560. The SMILES string of the molecule is C=NC(=N)N1C2CCC1CN(c1cc(-c3ccccc3O)nnc1N)C2. The molecule has 1 aromatic heterocycles. The molecule has 2 unspecified atom stereocenters. The number of benzene rings is 1. The standard InChI is InChI=1S/C18H21N7O/c1-21-18(20)25-11-6-7-12(25)10-24(9-11)15-8-14(22-23-17(15)19)13-4-2-3-5-16(13)26/h2-5,8,11-12,20,26H,1,6-7,9-10H2,(H2,19,23). The third kappa shape index (κ3) is 2.63. The summed E-state index contributed by atoms with van der Waals surface area (Å²) in [6.07, 6.45) is 2.04. The second-order valence-electron chi connectivity index (χ2n) is 6.70. The summed E-state index contributed by atoms with van der Waals surface area (Å²) in [7, 11) is 0. The highest BCUT2D eigenvalue weighted by atomic mass is 16.3. The summed E-state index contributed by atoms with van der Waals surface area (Å²) in [5, 5.41) is 26.4. The lowest BCUT2D eigenvalue weighted by molar-refractivity contribution is 0.272. The van der Waals surface area contributed by atoms with E-state index in [0.29, 0.717) is 17.1 Å². The first-order valence-corrected chi connectivity index (χ1v) is 8.58. The Morgan fingerprint density at radius 2 is 1.92 bits per heavy atom. The van der Waals surface area contributed by atoms with Crippen LogP contribution in [0.2, 0.25) is 0 Å². The van der Waals surface area contributed by atoms with Crippen LogP contribution in [0, 0.1) is 5.41 Å². The number of hydrogen-bond acceptors (Lipinski definition) is 6. The highest BCUT2D eigenvalue weighted by Crippen LogP contribution is 2.36. The van der Waals surface area contributed by atoms with Crippen LogP contribution in [-0.2, 0) is 0 Å². The molecule has 8 nitrogen and oxygen atoms in total. The van der Waals surface area contributed by atoms with E-state index >= 15 is 0 Å². The van der Waals surface area contributed by atoms with E-state index in [0.717, 1.165) is 31.6 Å². The first-order valence-electron chi connectivity index (χ1n) is 8.58. The largest absolute Gasteiger partial charge is 0.507 e. The van der Waals surface area contributed by atoms with Crippen LogP contribution in [0.15, 0.2) is 35.3 Å². The van der Waals surface area contributed by atoms with Crippen molar-refractivity contribution in [3.05, 3.63) is 30.3 Å². The maximum Gasteiger partial charge on any atom is 0.217 e. The molecule has 2 fully saturated rings. The molecular formula is C18H21N7O. The molecule has 2 atom stereocenters. The highest BCUT2D eigenvalue weighted by molar-refractivity contribution is 5.83. The zero-order valence-corrected chi connectivity index (χ0v) is 14.3. The van der Waals surface area contributed by atoms with Gasteiger partial charge in [-0.2, -0.15) is 0 Å². The van der Waals surface area contributed by atoms with Gasteiger partial charge in [0.2, 0.25) is 5.96 Å². The topological polar surface area (TPSA) is 115 Å². The Morgan fingerprint density at radius 1 is 1.23 bits per heavy atom. The fourth-order valence-electron chi connectivity index (χ4n) is 3.99. The number of para-hydroxylation sites is 1. The molecule has 26 heavy (non-hydrogen) atoms. The number of aromatic hydroxyl groups is 1. The lowest BCUT2D eigenvalue weighted by Crippen LogP contribution is -2.55. The highest BCUT2D eigenvalue weighted by Gasteiger charge is 2.41. The molecule has 2 aromatic rings. The maximum absolute atomic E-state index is 10.1. The lowest BCUT2D eigenvalue weighted by atomic mass is 10.1. The summed E-state index contributed by atoms with van der Waals surface area (Å²) in [5.74, 6) is 0.773. The zero-order chi connectivity index (χ0) is 18.3. The minimum absolute atomic E-state index is 0.160. The Balaban J connectivity index is 1.65. The summed E-state index contributed by atoms with van der Waals surface area (Å²) < 4.78 is 0. The molecule has 2 saturated heterocycles. The van der Waals surface area contributed by atoms with Crippen LogP contribution in [0.4, 0.5) is 11.5 Å². The zero-order valence-electron chi connectivity index (χ0n) is 14.3. The minimum atomic E-state index is 0.160. The van der Waals surface area contributed by atoms with Gasteiger partial charge in [-0.05, 0) is 37.8 Å². The number of nitrogen functional groups attached to an aromatic ring is 1. The average molecular weight is 351 g/mol. The van der Waals surface area contributed by atoms with Gasteiger partial charge in [0.15, 0.2) is 5.82 Å². The second-order valence-corrected chi connectivity index (χ2v) is 6.70. The molecule has 2 aliphatic heterocycles. The fourth-order valence-corrected chi connectivity index (χ4v) is 3.99. The van der Waals surface area contributed by atoms with Crippen LogP contribution < -0.4 is 10.6 Å². The van der Waals surface area contributed by atoms with Crippen molar-refractivity contribution in [1.82, 2.24) is 15.1 Å². The Labute approximate surface area is 151 Å². The Hall–Kier alpha value is -3.16. The smallest absolute Gasteiger partial charge is 0.217 e. The molecule has 4 rings (SSSR count). The first kappa shape index (κ1) is 16.3. The number of aromatic nitrogens is 2. The number of fused-ring (bicyclic) bond motifs is 2. The van der Waals surface area contributed by atoms with E-state index in [9.17, 15) is 5.11 Å². The van der Waals surface area contributed by atoms with Gasteiger partial charge in [0.05, 0.1) is 11.4 Å².